The second-order valence-corrected chi connectivity index (χ2v) is 4.45. The minimum Gasteiger partial charge on any atom is -0.435 e. The van der Waals surface area contributed by atoms with Crippen LogP contribution < -0.4 is 10.6 Å². The van der Waals surface area contributed by atoms with Crippen molar-refractivity contribution in [2.24, 2.45) is 0 Å². The van der Waals surface area contributed by atoms with Gasteiger partial charge >= 0.3 is 0 Å². The first-order chi connectivity index (χ1) is 8.54. The second kappa shape index (κ2) is 5.01. The van der Waals surface area contributed by atoms with E-state index in [2.05, 4.69) is 15.6 Å². The average molecular weight is 265 g/mol. The van der Waals surface area contributed by atoms with Crippen molar-refractivity contribution >= 4 is 34.2 Å². The number of thiazole rings is 1. The van der Waals surface area contributed by atoms with Crippen molar-refractivity contribution in [1.82, 2.24) is 4.98 Å². The van der Waals surface area contributed by atoms with Crippen molar-refractivity contribution in [1.29, 1.82) is 0 Å². The van der Waals surface area contributed by atoms with Crippen LogP contribution in [-0.4, -0.2) is 16.8 Å². The lowest BCUT2D eigenvalue weighted by Gasteiger charge is -1.98. The number of nitrogens with zero attached hydrogens (tertiary/aromatic N) is 1. The van der Waals surface area contributed by atoms with Crippen LogP contribution in [-0.2, 0) is 4.79 Å². The maximum absolute atomic E-state index is 11.8. The van der Waals surface area contributed by atoms with Gasteiger partial charge in [0.15, 0.2) is 16.8 Å². The molecular formula is C11H11N3O3S. The van der Waals surface area contributed by atoms with Crippen molar-refractivity contribution in [2.45, 2.75) is 13.8 Å². The van der Waals surface area contributed by atoms with E-state index in [-0.39, 0.29) is 17.6 Å². The van der Waals surface area contributed by atoms with Gasteiger partial charge in [0, 0.05) is 18.4 Å². The van der Waals surface area contributed by atoms with Crippen LogP contribution in [0.1, 0.15) is 23.2 Å². The van der Waals surface area contributed by atoms with Gasteiger partial charge in [-0.2, -0.15) is 0 Å². The smallest absolute Gasteiger partial charge is 0.293 e. The summed E-state index contributed by atoms with van der Waals surface area (Å²) < 4.78 is 5.17. The van der Waals surface area contributed by atoms with Gasteiger partial charge in [-0.15, -0.1) is 11.3 Å². The van der Waals surface area contributed by atoms with E-state index < -0.39 is 5.91 Å². The Hall–Kier alpha value is -2.15. The highest BCUT2D eigenvalue weighted by molar-refractivity contribution is 7.13. The molecule has 94 valence electrons. The highest BCUT2D eigenvalue weighted by Crippen LogP contribution is 2.18. The zero-order valence-electron chi connectivity index (χ0n) is 9.81. The summed E-state index contributed by atoms with van der Waals surface area (Å²) in [7, 11) is 0. The molecule has 0 bridgehead atoms. The van der Waals surface area contributed by atoms with E-state index in [9.17, 15) is 9.59 Å². The highest BCUT2D eigenvalue weighted by Gasteiger charge is 2.13. The molecule has 2 aromatic rings. The van der Waals surface area contributed by atoms with Crippen LogP contribution in [0.3, 0.4) is 0 Å². The summed E-state index contributed by atoms with van der Waals surface area (Å²) >= 11 is 1.34. The van der Waals surface area contributed by atoms with Gasteiger partial charge in [0.1, 0.15) is 0 Å². The number of aromatic nitrogens is 1. The molecule has 0 aliphatic carbocycles. The van der Waals surface area contributed by atoms with E-state index in [0.717, 1.165) is 5.69 Å². The van der Waals surface area contributed by atoms with Gasteiger partial charge in [-0.25, -0.2) is 4.98 Å². The zero-order valence-corrected chi connectivity index (χ0v) is 10.6. The molecule has 6 nitrogen and oxygen atoms in total. The van der Waals surface area contributed by atoms with Crippen molar-refractivity contribution in [3.63, 3.8) is 0 Å². The van der Waals surface area contributed by atoms with E-state index in [1.165, 1.54) is 30.4 Å². The lowest BCUT2D eigenvalue weighted by Crippen LogP contribution is -2.10. The van der Waals surface area contributed by atoms with Crippen LogP contribution in [0.25, 0.3) is 0 Å². The molecule has 7 heteroatoms. The predicted molar refractivity (Wildman–Crippen MR) is 67.8 cm³/mol. The molecule has 0 aliphatic rings. The van der Waals surface area contributed by atoms with Crippen molar-refractivity contribution in [3.8, 4) is 0 Å². The summed E-state index contributed by atoms with van der Waals surface area (Å²) in [6.07, 6.45) is 0. The molecule has 2 N–H and O–H groups in total. The molecule has 2 heterocycles. The van der Waals surface area contributed by atoms with Crippen LogP contribution >= 0.6 is 11.3 Å². The van der Waals surface area contributed by atoms with E-state index >= 15 is 0 Å². The minimum absolute atomic E-state index is 0.117. The molecular weight excluding hydrogens is 254 g/mol. The summed E-state index contributed by atoms with van der Waals surface area (Å²) in [6, 6.07) is 3.00. The third-order valence-corrected chi connectivity index (χ3v) is 2.84. The molecule has 2 amide bonds. The Balaban J connectivity index is 2.05. The van der Waals surface area contributed by atoms with Gasteiger partial charge in [0.25, 0.3) is 5.91 Å². The molecule has 0 spiro atoms. The van der Waals surface area contributed by atoms with E-state index in [1.807, 2.05) is 12.3 Å². The number of anilines is 2. The highest BCUT2D eigenvalue weighted by atomic mass is 32.1. The number of carbonyl (C=O) groups excluding carboxylic acids is 2. The largest absolute Gasteiger partial charge is 0.435 e. The Morgan fingerprint density at radius 1 is 1.33 bits per heavy atom. The number of rotatable bonds is 3. The predicted octanol–water partition coefficient (Wildman–Crippen LogP) is 2.26. The van der Waals surface area contributed by atoms with Crippen LogP contribution in [0.4, 0.5) is 11.0 Å². The molecule has 0 aliphatic heterocycles. The number of hydrogen-bond donors (Lipinski definition) is 2. The molecule has 0 radical (unpaired) electrons. The van der Waals surface area contributed by atoms with Crippen LogP contribution in [0.15, 0.2) is 21.9 Å². The summed E-state index contributed by atoms with van der Waals surface area (Å²) in [5.74, 6) is -0.303. The normalized spacial score (nSPS) is 10.1. The molecule has 0 fully saturated rings. The molecule has 0 saturated carbocycles. The third-order valence-electron chi connectivity index (χ3n) is 1.97. The van der Waals surface area contributed by atoms with Crippen LogP contribution in [0, 0.1) is 6.92 Å². The number of carbonyl (C=O) groups is 2. The molecule has 2 rings (SSSR count). The van der Waals surface area contributed by atoms with Gasteiger partial charge < -0.3 is 4.42 Å². The fraction of sp³-hybridized carbons (Fsp3) is 0.182. The fourth-order valence-corrected chi connectivity index (χ4v) is 1.95. The number of nitrogens with one attached hydrogen (secondary N) is 2. The molecule has 0 unspecified atom stereocenters. The zero-order chi connectivity index (χ0) is 13.1. The Labute approximate surface area is 107 Å². The Bertz CT molecular complexity index is 588. The fourth-order valence-electron chi connectivity index (χ4n) is 1.27. The lowest BCUT2D eigenvalue weighted by molar-refractivity contribution is -0.114. The van der Waals surface area contributed by atoms with Gasteiger partial charge in [-0.3, -0.25) is 20.2 Å². The van der Waals surface area contributed by atoms with Crippen molar-refractivity contribution < 1.29 is 14.0 Å². The third kappa shape index (κ3) is 2.95. The number of aryl methyl sites for hydroxylation is 1. The number of amides is 2. The molecule has 0 atom stereocenters. The number of hydrogen-bond acceptors (Lipinski definition) is 5. The molecule has 0 aromatic carbocycles. The standard InChI is InChI=1S/C11H11N3O3S/c1-6-5-18-11(12-6)14-10(16)8-3-4-9(17-8)13-7(2)15/h3-5H,1-2H3,(H,13,15)(H,12,14,16). The molecule has 2 aromatic heterocycles. The van der Waals surface area contributed by atoms with Gasteiger partial charge in [0.05, 0.1) is 5.69 Å². The quantitative estimate of drug-likeness (QED) is 0.891. The van der Waals surface area contributed by atoms with Gasteiger partial charge in [0.2, 0.25) is 5.91 Å². The van der Waals surface area contributed by atoms with E-state index in [4.69, 9.17) is 4.42 Å². The Morgan fingerprint density at radius 2 is 2.11 bits per heavy atom. The Morgan fingerprint density at radius 3 is 2.72 bits per heavy atom. The Kier molecular flexibility index (Phi) is 3.42. The topological polar surface area (TPSA) is 84.2 Å². The maximum atomic E-state index is 11.8. The monoisotopic (exact) mass is 265 g/mol. The maximum Gasteiger partial charge on any atom is 0.293 e. The van der Waals surface area contributed by atoms with Gasteiger partial charge in [-0.1, -0.05) is 0 Å². The minimum atomic E-state index is -0.402. The van der Waals surface area contributed by atoms with Crippen LogP contribution in [0.2, 0.25) is 0 Å². The molecule has 18 heavy (non-hydrogen) atoms. The summed E-state index contributed by atoms with van der Waals surface area (Å²) in [5, 5.41) is 7.40. The van der Waals surface area contributed by atoms with E-state index in [1.54, 1.807) is 0 Å². The van der Waals surface area contributed by atoms with Gasteiger partial charge in [-0.05, 0) is 13.0 Å². The SMILES string of the molecule is CC(=O)Nc1ccc(C(=O)Nc2nc(C)cs2)o1. The van der Waals surface area contributed by atoms with Crippen LogP contribution in [0.5, 0.6) is 0 Å². The molecule has 0 saturated heterocycles. The first kappa shape index (κ1) is 12.3. The second-order valence-electron chi connectivity index (χ2n) is 3.59. The van der Waals surface area contributed by atoms with Crippen molar-refractivity contribution in [2.75, 3.05) is 10.6 Å². The first-order valence-corrected chi connectivity index (χ1v) is 6.03. The summed E-state index contributed by atoms with van der Waals surface area (Å²) in [6.45, 7) is 3.20. The first-order valence-electron chi connectivity index (χ1n) is 5.15. The summed E-state index contributed by atoms with van der Waals surface area (Å²) in [4.78, 5) is 26.7. The van der Waals surface area contributed by atoms with Crippen molar-refractivity contribution in [3.05, 3.63) is 29.0 Å². The van der Waals surface area contributed by atoms with E-state index in [0.29, 0.717) is 5.13 Å². The summed E-state index contributed by atoms with van der Waals surface area (Å²) in [5.41, 5.74) is 0.841. The average Bonchev–Trinajstić information content (AvgIpc) is 2.87. The lowest BCUT2D eigenvalue weighted by atomic mass is 10.4. The number of furan rings is 1.